The highest BCUT2D eigenvalue weighted by molar-refractivity contribution is 4.84. The Kier molecular flexibility index (Phi) is 4.69. The molecule has 0 spiro atoms. The number of aliphatic hydroxyl groups excluding tert-OH is 1. The van der Waals surface area contributed by atoms with Gasteiger partial charge in [-0.2, -0.15) is 0 Å². The maximum absolute atomic E-state index is 9.58. The predicted octanol–water partition coefficient (Wildman–Crippen LogP) is 0.378. The fourth-order valence-electron chi connectivity index (χ4n) is 1.62. The Bertz CT molecular complexity index is 217. The highest BCUT2D eigenvalue weighted by Crippen LogP contribution is 2.12. The van der Waals surface area contributed by atoms with Gasteiger partial charge in [0.15, 0.2) is 0 Å². The monoisotopic (exact) mass is 200 g/mol. The number of likely N-dealkylation sites (tertiary alicyclic amines) is 1. The van der Waals surface area contributed by atoms with Crippen LogP contribution >= 0.6 is 0 Å². The first kappa shape index (κ1) is 11.3. The van der Waals surface area contributed by atoms with Gasteiger partial charge in [-0.15, -0.1) is 0 Å². The number of nitrogens with zero attached hydrogens (tertiary/aromatic N) is 4. The zero-order valence-corrected chi connectivity index (χ0v) is 8.33. The van der Waals surface area contributed by atoms with Crippen molar-refractivity contribution in [3.05, 3.63) is 10.4 Å². The molecule has 1 N–H and O–H groups in total. The molecule has 1 aliphatic heterocycles. The molecule has 1 saturated heterocycles. The second-order valence-electron chi connectivity index (χ2n) is 3.28. The number of rotatable bonds is 5. The van der Waals surface area contributed by atoms with Gasteiger partial charge in [0, 0.05) is 37.7 Å². The van der Waals surface area contributed by atoms with E-state index in [1.54, 1.807) is 0 Å². The molecular formula is C8H16N4O2. The lowest BCUT2D eigenvalue weighted by Crippen LogP contribution is -2.27. The quantitative estimate of drug-likeness (QED) is 0.395. The number of aliphatic hydroxyl groups is 1. The largest absolute Gasteiger partial charge is 0.389 e. The number of hydrogen-bond donors (Lipinski definition) is 1. The van der Waals surface area contributed by atoms with Crippen molar-refractivity contribution >= 4 is 0 Å². The summed E-state index contributed by atoms with van der Waals surface area (Å²) >= 11 is 0. The minimum absolute atomic E-state index is 0.0916. The summed E-state index contributed by atoms with van der Waals surface area (Å²) in [5.41, 5.74) is 8.09. The Morgan fingerprint density at radius 1 is 1.64 bits per heavy atom. The van der Waals surface area contributed by atoms with Crippen LogP contribution in [0.25, 0.3) is 10.4 Å². The fraction of sp³-hybridized carbons (Fsp3) is 1.00. The Balaban J connectivity index is 2.27. The lowest BCUT2D eigenvalue weighted by Gasteiger charge is -2.13. The van der Waals surface area contributed by atoms with Gasteiger partial charge in [0.25, 0.3) is 0 Å². The predicted molar refractivity (Wildman–Crippen MR) is 51.9 cm³/mol. The first-order valence-electron chi connectivity index (χ1n) is 4.80. The third-order valence-electron chi connectivity index (χ3n) is 2.27. The van der Waals surface area contributed by atoms with E-state index < -0.39 is 6.10 Å². The molecule has 1 rings (SSSR count). The van der Waals surface area contributed by atoms with Crippen LogP contribution in [0.4, 0.5) is 0 Å². The van der Waals surface area contributed by atoms with E-state index in [9.17, 15) is 5.11 Å². The molecule has 6 heteroatoms. The van der Waals surface area contributed by atoms with Gasteiger partial charge in [-0.25, -0.2) is 0 Å². The number of ether oxygens (including phenoxy) is 1. The van der Waals surface area contributed by atoms with Crippen LogP contribution in [0.15, 0.2) is 5.11 Å². The van der Waals surface area contributed by atoms with E-state index in [1.807, 2.05) is 11.8 Å². The van der Waals surface area contributed by atoms with Crippen LogP contribution in [0.5, 0.6) is 0 Å². The van der Waals surface area contributed by atoms with Crippen LogP contribution in [0, 0.1) is 0 Å². The molecule has 0 radical (unpaired) electrons. The fourth-order valence-corrected chi connectivity index (χ4v) is 1.62. The summed E-state index contributed by atoms with van der Waals surface area (Å²) < 4.78 is 5.36. The lowest BCUT2D eigenvalue weighted by atomic mass is 10.3. The van der Waals surface area contributed by atoms with Crippen molar-refractivity contribution in [2.75, 3.05) is 32.8 Å². The second kappa shape index (κ2) is 5.82. The lowest BCUT2D eigenvalue weighted by molar-refractivity contribution is -0.00240. The van der Waals surface area contributed by atoms with Gasteiger partial charge in [-0.05, 0) is 12.5 Å². The van der Waals surface area contributed by atoms with Crippen molar-refractivity contribution < 1.29 is 9.84 Å². The van der Waals surface area contributed by atoms with Gasteiger partial charge in [0.1, 0.15) is 0 Å². The summed E-state index contributed by atoms with van der Waals surface area (Å²) in [5, 5.41) is 13.0. The molecule has 0 aromatic rings. The molecule has 80 valence electrons. The Morgan fingerprint density at radius 3 is 3.07 bits per heavy atom. The number of hydrogen-bond acceptors (Lipinski definition) is 4. The molecule has 0 aromatic heterocycles. The minimum Gasteiger partial charge on any atom is -0.389 e. The van der Waals surface area contributed by atoms with Crippen LogP contribution in [0.3, 0.4) is 0 Å². The first-order chi connectivity index (χ1) is 6.77. The average Bonchev–Trinajstić information content (AvgIpc) is 2.49. The van der Waals surface area contributed by atoms with Crippen molar-refractivity contribution in [2.24, 2.45) is 5.11 Å². The highest BCUT2D eigenvalue weighted by Gasteiger charge is 2.30. The summed E-state index contributed by atoms with van der Waals surface area (Å²) in [6.07, 6.45) is -0.507. The summed E-state index contributed by atoms with van der Waals surface area (Å²) in [7, 11) is 0. The van der Waals surface area contributed by atoms with E-state index in [0.717, 1.165) is 6.54 Å². The van der Waals surface area contributed by atoms with Gasteiger partial charge in [-0.1, -0.05) is 5.11 Å². The Hall–Kier alpha value is -0.810. The maximum Gasteiger partial charge on any atom is 0.0972 e. The molecule has 0 unspecified atom stereocenters. The van der Waals surface area contributed by atoms with E-state index in [4.69, 9.17) is 10.3 Å². The van der Waals surface area contributed by atoms with Crippen molar-refractivity contribution in [2.45, 2.75) is 19.1 Å². The summed E-state index contributed by atoms with van der Waals surface area (Å²) in [4.78, 5) is 4.72. The summed E-state index contributed by atoms with van der Waals surface area (Å²) in [6.45, 7) is 4.98. The molecule has 14 heavy (non-hydrogen) atoms. The third-order valence-corrected chi connectivity index (χ3v) is 2.27. The van der Waals surface area contributed by atoms with Gasteiger partial charge in [0.05, 0.1) is 12.2 Å². The standard InChI is InChI=1S/C8H16N4O2/c1-2-14-8-6-12(5-7(8)13)4-3-10-11-9/h7-8,13H,2-6H2,1H3/t7-,8+/m0/s1. The van der Waals surface area contributed by atoms with Gasteiger partial charge in [0.2, 0.25) is 0 Å². The van der Waals surface area contributed by atoms with Crippen molar-refractivity contribution in [3.8, 4) is 0 Å². The molecule has 0 aliphatic carbocycles. The van der Waals surface area contributed by atoms with Gasteiger partial charge < -0.3 is 9.84 Å². The maximum atomic E-state index is 9.58. The van der Waals surface area contributed by atoms with E-state index in [-0.39, 0.29) is 6.10 Å². The molecule has 0 aromatic carbocycles. The van der Waals surface area contributed by atoms with E-state index >= 15 is 0 Å². The van der Waals surface area contributed by atoms with Crippen molar-refractivity contribution in [1.82, 2.24) is 4.90 Å². The Morgan fingerprint density at radius 2 is 2.43 bits per heavy atom. The zero-order chi connectivity index (χ0) is 10.4. The molecule has 1 fully saturated rings. The molecule has 0 bridgehead atoms. The second-order valence-corrected chi connectivity index (χ2v) is 3.28. The number of β-amino-alcohol motifs (C(OH)–C–C–N with tert-alkyl or cyclic N) is 1. The van der Waals surface area contributed by atoms with Crippen LogP contribution in [-0.2, 0) is 4.74 Å². The zero-order valence-electron chi connectivity index (χ0n) is 8.33. The van der Waals surface area contributed by atoms with E-state index in [0.29, 0.717) is 26.2 Å². The topological polar surface area (TPSA) is 81.5 Å². The minimum atomic E-state index is -0.416. The normalized spacial score (nSPS) is 27.6. The van der Waals surface area contributed by atoms with E-state index in [1.165, 1.54) is 0 Å². The van der Waals surface area contributed by atoms with Crippen molar-refractivity contribution in [1.29, 1.82) is 0 Å². The number of azide groups is 1. The van der Waals surface area contributed by atoms with Crippen LogP contribution < -0.4 is 0 Å². The molecule has 6 nitrogen and oxygen atoms in total. The molecule has 1 heterocycles. The van der Waals surface area contributed by atoms with Gasteiger partial charge in [-0.3, -0.25) is 4.90 Å². The first-order valence-corrected chi connectivity index (χ1v) is 4.80. The average molecular weight is 200 g/mol. The summed E-state index contributed by atoms with van der Waals surface area (Å²) in [6, 6.07) is 0. The third kappa shape index (κ3) is 3.16. The van der Waals surface area contributed by atoms with Gasteiger partial charge >= 0.3 is 0 Å². The van der Waals surface area contributed by atoms with Crippen LogP contribution in [0.2, 0.25) is 0 Å². The SMILES string of the molecule is CCO[C@@H]1CN(CCN=[N+]=[N-])C[C@@H]1O. The Labute approximate surface area is 83.1 Å². The van der Waals surface area contributed by atoms with Crippen LogP contribution in [-0.4, -0.2) is 55.0 Å². The summed E-state index contributed by atoms with van der Waals surface area (Å²) in [5.74, 6) is 0. The smallest absolute Gasteiger partial charge is 0.0972 e. The molecule has 2 atom stereocenters. The highest BCUT2D eigenvalue weighted by atomic mass is 16.5. The molecule has 1 aliphatic rings. The van der Waals surface area contributed by atoms with Crippen LogP contribution in [0.1, 0.15) is 6.92 Å². The van der Waals surface area contributed by atoms with Crippen molar-refractivity contribution in [3.63, 3.8) is 0 Å². The molecule has 0 amide bonds. The van der Waals surface area contributed by atoms with E-state index in [2.05, 4.69) is 10.0 Å². The molecule has 0 saturated carbocycles. The molecular weight excluding hydrogens is 184 g/mol.